The minimum Gasteiger partial charge on any atom is -0.457 e. The number of halogens is 1. The number of hydrazine groups is 1. The van der Waals surface area contributed by atoms with Gasteiger partial charge in [-0.2, -0.15) is 0 Å². The molecule has 0 unspecified atom stereocenters. The molecule has 0 fully saturated rings. The molecule has 0 amide bonds. The minimum atomic E-state index is 0. The second-order valence-electron chi connectivity index (χ2n) is 3.94. The molecule has 0 bridgehead atoms. The molecule has 3 N–H and O–H groups in total. The van der Waals surface area contributed by atoms with Crippen LogP contribution in [0.15, 0.2) is 48.5 Å². The van der Waals surface area contributed by atoms with Crippen molar-refractivity contribution in [3.05, 3.63) is 59.7 Å². The molecule has 0 radical (unpaired) electrons. The van der Waals surface area contributed by atoms with Crippen molar-refractivity contribution < 1.29 is 4.74 Å². The van der Waals surface area contributed by atoms with Gasteiger partial charge in [-0.3, -0.25) is 11.3 Å². The lowest BCUT2D eigenvalue weighted by molar-refractivity contribution is 0.481. The Morgan fingerprint density at radius 3 is 2.44 bits per heavy atom. The first-order valence-electron chi connectivity index (χ1n) is 5.55. The Bertz CT molecular complexity index is 485. The summed E-state index contributed by atoms with van der Waals surface area (Å²) in [5.74, 6) is 6.95. The van der Waals surface area contributed by atoms with Gasteiger partial charge in [0, 0.05) is 6.54 Å². The highest BCUT2D eigenvalue weighted by molar-refractivity contribution is 5.85. The maximum atomic E-state index is 5.75. The van der Waals surface area contributed by atoms with Gasteiger partial charge in [0.05, 0.1) is 0 Å². The molecule has 0 saturated carbocycles. The van der Waals surface area contributed by atoms with E-state index in [0.29, 0.717) is 6.54 Å². The molecule has 0 aliphatic carbocycles. The quantitative estimate of drug-likeness (QED) is 0.659. The lowest BCUT2D eigenvalue weighted by Gasteiger charge is -2.07. The summed E-state index contributed by atoms with van der Waals surface area (Å²) in [5.41, 5.74) is 4.94. The van der Waals surface area contributed by atoms with Crippen molar-refractivity contribution in [2.75, 3.05) is 0 Å². The van der Waals surface area contributed by atoms with Crippen LogP contribution in [0.5, 0.6) is 11.5 Å². The van der Waals surface area contributed by atoms with Crippen molar-refractivity contribution in [1.82, 2.24) is 5.43 Å². The Balaban J connectivity index is 0.00000162. The SMILES string of the molecule is Cc1ccc(Oc2cccc(CNN)c2)cc1.Cl. The molecule has 3 nitrogen and oxygen atoms in total. The van der Waals surface area contributed by atoms with Gasteiger partial charge in [-0.25, -0.2) is 0 Å². The van der Waals surface area contributed by atoms with E-state index in [2.05, 4.69) is 12.3 Å². The van der Waals surface area contributed by atoms with Crippen LogP contribution in [0.2, 0.25) is 0 Å². The molecule has 0 aliphatic heterocycles. The van der Waals surface area contributed by atoms with Crippen LogP contribution >= 0.6 is 12.4 Å². The molecular weight excluding hydrogens is 248 g/mol. The van der Waals surface area contributed by atoms with Crippen LogP contribution in [-0.2, 0) is 6.54 Å². The molecule has 96 valence electrons. The number of ether oxygens (including phenoxy) is 1. The lowest BCUT2D eigenvalue weighted by Crippen LogP contribution is -2.20. The molecule has 0 spiro atoms. The van der Waals surface area contributed by atoms with Gasteiger partial charge in [0.2, 0.25) is 0 Å². The fourth-order valence-corrected chi connectivity index (χ4v) is 1.58. The number of nitrogens with one attached hydrogen (secondary N) is 1. The Morgan fingerprint density at radius 1 is 1.06 bits per heavy atom. The number of hydrogen-bond donors (Lipinski definition) is 2. The third kappa shape index (κ3) is 4.04. The fraction of sp³-hybridized carbons (Fsp3) is 0.143. The molecular formula is C14H17ClN2O. The molecule has 2 aromatic carbocycles. The molecule has 0 heterocycles. The predicted octanol–water partition coefficient (Wildman–Crippen LogP) is 3.17. The van der Waals surface area contributed by atoms with E-state index >= 15 is 0 Å². The van der Waals surface area contributed by atoms with Crippen LogP contribution in [0.3, 0.4) is 0 Å². The Hall–Kier alpha value is -1.55. The number of hydrogen-bond acceptors (Lipinski definition) is 3. The van der Waals surface area contributed by atoms with E-state index in [-0.39, 0.29) is 12.4 Å². The Kier molecular flexibility index (Phi) is 5.65. The molecule has 0 atom stereocenters. The van der Waals surface area contributed by atoms with Gasteiger partial charge in [-0.05, 0) is 36.8 Å². The summed E-state index contributed by atoms with van der Waals surface area (Å²) in [7, 11) is 0. The van der Waals surface area contributed by atoms with Crippen molar-refractivity contribution >= 4 is 12.4 Å². The topological polar surface area (TPSA) is 47.3 Å². The fourth-order valence-electron chi connectivity index (χ4n) is 1.58. The highest BCUT2D eigenvalue weighted by Crippen LogP contribution is 2.22. The van der Waals surface area contributed by atoms with Crippen molar-refractivity contribution in [3.8, 4) is 11.5 Å². The van der Waals surface area contributed by atoms with Gasteiger partial charge in [0.1, 0.15) is 11.5 Å². The van der Waals surface area contributed by atoms with E-state index in [0.717, 1.165) is 17.1 Å². The maximum Gasteiger partial charge on any atom is 0.127 e. The number of aryl methyl sites for hydroxylation is 1. The van der Waals surface area contributed by atoms with Crippen molar-refractivity contribution in [2.24, 2.45) is 5.84 Å². The van der Waals surface area contributed by atoms with Crippen LogP contribution in [0.1, 0.15) is 11.1 Å². The van der Waals surface area contributed by atoms with Crippen LogP contribution in [0.25, 0.3) is 0 Å². The van der Waals surface area contributed by atoms with E-state index in [1.165, 1.54) is 5.56 Å². The number of nitrogens with two attached hydrogens (primary N) is 1. The van der Waals surface area contributed by atoms with Gasteiger partial charge < -0.3 is 4.74 Å². The van der Waals surface area contributed by atoms with Crippen molar-refractivity contribution in [2.45, 2.75) is 13.5 Å². The zero-order valence-electron chi connectivity index (χ0n) is 10.2. The predicted molar refractivity (Wildman–Crippen MR) is 76.0 cm³/mol. The molecule has 2 rings (SSSR count). The van der Waals surface area contributed by atoms with Gasteiger partial charge >= 0.3 is 0 Å². The first-order valence-corrected chi connectivity index (χ1v) is 5.55. The molecule has 0 saturated heterocycles. The third-order valence-electron chi connectivity index (χ3n) is 2.46. The number of rotatable bonds is 4. The van der Waals surface area contributed by atoms with E-state index < -0.39 is 0 Å². The van der Waals surface area contributed by atoms with E-state index in [9.17, 15) is 0 Å². The minimum absolute atomic E-state index is 0. The van der Waals surface area contributed by atoms with Crippen LogP contribution < -0.4 is 16.0 Å². The first kappa shape index (κ1) is 14.5. The summed E-state index contributed by atoms with van der Waals surface area (Å²) < 4.78 is 5.75. The summed E-state index contributed by atoms with van der Waals surface area (Å²) in [5, 5.41) is 0. The van der Waals surface area contributed by atoms with Gasteiger partial charge in [-0.15, -0.1) is 12.4 Å². The van der Waals surface area contributed by atoms with Crippen LogP contribution in [0, 0.1) is 6.92 Å². The molecule has 0 aromatic heterocycles. The summed E-state index contributed by atoms with van der Waals surface area (Å²) in [4.78, 5) is 0. The number of benzene rings is 2. The average molecular weight is 265 g/mol. The standard InChI is InChI=1S/C14H16N2O.ClH/c1-11-5-7-13(8-6-11)17-14-4-2-3-12(9-14)10-16-15;/h2-9,16H,10,15H2,1H3;1H. The van der Waals surface area contributed by atoms with E-state index in [4.69, 9.17) is 10.6 Å². The Labute approximate surface area is 113 Å². The largest absolute Gasteiger partial charge is 0.457 e. The normalized spacial score (nSPS) is 9.67. The summed E-state index contributed by atoms with van der Waals surface area (Å²) in [6.45, 7) is 2.68. The highest BCUT2D eigenvalue weighted by atomic mass is 35.5. The second kappa shape index (κ2) is 7.01. The smallest absolute Gasteiger partial charge is 0.127 e. The van der Waals surface area contributed by atoms with E-state index in [1.807, 2.05) is 48.5 Å². The van der Waals surface area contributed by atoms with Crippen LogP contribution in [0.4, 0.5) is 0 Å². The summed E-state index contributed by atoms with van der Waals surface area (Å²) in [6.07, 6.45) is 0. The zero-order valence-corrected chi connectivity index (χ0v) is 11.0. The molecule has 2 aromatic rings. The average Bonchev–Trinajstić information content (AvgIpc) is 2.33. The monoisotopic (exact) mass is 264 g/mol. The Morgan fingerprint density at radius 2 is 1.78 bits per heavy atom. The van der Waals surface area contributed by atoms with Gasteiger partial charge in [0.25, 0.3) is 0 Å². The second-order valence-corrected chi connectivity index (χ2v) is 3.94. The van der Waals surface area contributed by atoms with E-state index in [1.54, 1.807) is 0 Å². The summed E-state index contributed by atoms with van der Waals surface area (Å²) >= 11 is 0. The molecule has 0 aliphatic rings. The first-order chi connectivity index (χ1) is 8.28. The summed E-state index contributed by atoms with van der Waals surface area (Å²) in [6, 6.07) is 15.8. The van der Waals surface area contributed by atoms with Crippen molar-refractivity contribution in [1.29, 1.82) is 0 Å². The molecule has 4 heteroatoms. The van der Waals surface area contributed by atoms with Gasteiger partial charge in [0.15, 0.2) is 0 Å². The zero-order chi connectivity index (χ0) is 12.1. The molecule has 18 heavy (non-hydrogen) atoms. The maximum absolute atomic E-state index is 5.75. The van der Waals surface area contributed by atoms with Gasteiger partial charge in [-0.1, -0.05) is 29.8 Å². The lowest BCUT2D eigenvalue weighted by atomic mass is 10.2. The van der Waals surface area contributed by atoms with Crippen molar-refractivity contribution in [3.63, 3.8) is 0 Å². The third-order valence-corrected chi connectivity index (χ3v) is 2.46. The highest BCUT2D eigenvalue weighted by Gasteiger charge is 1.98. The van der Waals surface area contributed by atoms with Crippen LogP contribution in [-0.4, -0.2) is 0 Å².